The molecule has 0 saturated heterocycles. The van der Waals surface area contributed by atoms with Crippen molar-refractivity contribution in [2.45, 2.75) is 45.5 Å². The van der Waals surface area contributed by atoms with E-state index in [9.17, 15) is 17.6 Å². The van der Waals surface area contributed by atoms with E-state index in [0.717, 1.165) is 18.6 Å². The van der Waals surface area contributed by atoms with Gasteiger partial charge in [0.1, 0.15) is 5.82 Å². The van der Waals surface area contributed by atoms with E-state index >= 15 is 0 Å². The first-order valence-electron chi connectivity index (χ1n) is 7.08. The number of halogens is 4. The summed E-state index contributed by atoms with van der Waals surface area (Å²) in [5.41, 5.74) is 5.03. The van der Waals surface area contributed by atoms with Crippen molar-refractivity contribution in [3.8, 4) is 0 Å². The maximum absolute atomic E-state index is 13.5. The van der Waals surface area contributed by atoms with E-state index in [0.29, 0.717) is 12.6 Å². The van der Waals surface area contributed by atoms with Gasteiger partial charge in [-0.3, -0.25) is 4.90 Å². The van der Waals surface area contributed by atoms with Crippen LogP contribution in [0.25, 0.3) is 0 Å². The molecule has 21 heavy (non-hydrogen) atoms. The summed E-state index contributed by atoms with van der Waals surface area (Å²) < 4.78 is 52.0. The van der Waals surface area contributed by atoms with E-state index < -0.39 is 23.6 Å². The second-order valence-corrected chi connectivity index (χ2v) is 5.11. The van der Waals surface area contributed by atoms with Gasteiger partial charge < -0.3 is 5.73 Å². The fourth-order valence-electron chi connectivity index (χ4n) is 2.51. The van der Waals surface area contributed by atoms with Crippen LogP contribution < -0.4 is 5.73 Å². The lowest BCUT2D eigenvalue weighted by Gasteiger charge is -2.35. The number of nitrogens with zero attached hydrogens (tertiary/aromatic N) is 1. The third kappa shape index (κ3) is 4.41. The van der Waals surface area contributed by atoms with Gasteiger partial charge in [0.2, 0.25) is 0 Å². The summed E-state index contributed by atoms with van der Waals surface area (Å²) in [5.74, 6) is -0.890. The lowest BCUT2D eigenvalue weighted by Crippen LogP contribution is -2.39. The van der Waals surface area contributed by atoms with E-state index in [2.05, 4.69) is 0 Å². The molecular weight excluding hydrogens is 284 g/mol. The molecule has 0 amide bonds. The predicted octanol–water partition coefficient (Wildman–Crippen LogP) is 3.96. The summed E-state index contributed by atoms with van der Waals surface area (Å²) in [6.07, 6.45) is -3.73. The van der Waals surface area contributed by atoms with Crippen molar-refractivity contribution in [3.63, 3.8) is 0 Å². The molecule has 0 fully saturated rings. The van der Waals surface area contributed by atoms with Crippen LogP contribution in [0.15, 0.2) is 18.2 Å². The summed E-state index contributed by atoms with van der Waals surface area (Å²) in [7, 11) is 0. The smallest absolute Gasteiger partial charge is 0.329 e. The average Bonchev–Trinajstić information content (AvgIpc) is 2.42. The minimum absolute atomic E-state index is 0.138. The normalized spacial score (nSPS) is 15.3. The van der Waals surface area contributed by atoms with Gasteiger partial charge in [0.15, 0.2) is 0 Å². The molecule has 2 atom stereocenters. The molecule has 2 nitrogen and oxygen atoms in total. The van der Waals surface area contributed by atoms with Gasteiger partial charge in [0.25, 0.3) is 0 Å². The molecule has 1 aromatic rings. The molecule has 0 aliphatic carbocycles. The molecular formula is C15H22F4N2. The number of hydrogen-bond acceptors (Lipinski definition) is 2. The SMILES string of the molecule is CCC(C)N(CC)C(CN)c1cc(F)cc(C(F)(F)F)c1. The van der Waals surface area contributed by atoms with Crippen LogP contribution in [0.4, 0.5) is 17.6 Å². The molecule has 0 heterocycles. The molecule has 0 aliphatic heterocycles. The van der Waals surface area contributed by atoms with Crippen LogP contribution in [0, 0.1) is 5.82 Å². The molecule has 6 heteroatoms. The topological polar surface area (TPSA) is 29.3 Å². The van der Waals surface area contributed by atoms with Crippen LogP contribution in [0.1, 0.15) is 44.4 Å². The first kappa shape index (κ1) is 17.9. The third-order valence-corrected chi connectivity index (χ3v) is 3.78. The van der Waals surface area contributed by atoms with E-state index in [-0.39, 0.29) is 18.2 Å². The summed E-state index contributed by atoms with van der Waals surface area (Å²) in [5, 5.41) is 0. The van der Waals surface area contributed by atoms with Crippen LogP contribution in [0.2, 0.25) is 0 Å². The van der Waals surface area contributed by atoms with Gasteiger partial charge in [0.05, 0.1) is 5.56 Å². The molecule has 0 saturated carbocycles. The van der Waals surface area contributed by atoms with Gasteiger partial charge in [0, 0.05) is 18.6 Å². The van der Waals surface area contributed by atoms with Crippen LogP contribution in [-0.2, 0) is 6.18 Å². The number of benzene rings is 1. The highest BCUT2D eigenvalue weighted by Gasteiger charge is 2.32. The Kier molecular flexibility index (Phi) is 6.16. The molecule has 2 unspecified atom stereocenters. The zero-order valence-electron chi connectivity index (χ0n) is 12.5. The van der Waals surface area contributed by atoms with Crippen molar-refractivity contribution in [1.82, 2.24) is 4.90 Å². The number of nitrogens with two attached hydrogens (primary N) is 1. The van der Waals surface area contributed by atoms with E-state index in [1.165, 1.54) is 0 Å². The Bertz CT molecular complexity index is 459. The zero-order valence-corrected chi connectivity index (χ0v) is 12.5. The first-order chi connectivity index (χ1) is 9.74. The highest BCUT2D eigenvalue weighted by Crippen LogP contribution is 2.33. The summed E-state index contributed by atoms with van der Waals surface area (Å²) in [6.45, 7) is 6.66. The van der Waals surface area contributed by atoms with Crippen molar-refractivity contribution < 1.29 is 17.6 Å². The van der Waals surface area contributed by atoms with E-state index in [1.807, 2.05) is 25.7 Å². The number of rotatable bonds is 6. The molecule has 0 aromatic heterocycles. The Hall–Kier alpha value is -1.14. The third-order valence-electron chi connectivity index (χ3n) is 3.78. The van der Waals surface area contributed by atoms with Crippen molar-refractivity contribution >= 4 is 0 Å². The van der Waals surface area contributed by atoms with Crippen molar-refractivity contribution in [2.24, 2.45) is 5.73 Å². The standard InChI is InChI=1S/C15H22F4N2/c1-4-10(3)21(5-2)14(9-20)11-6-12(15(17,18)19)8-13(16)7-11/h6-8,10,14H,4-5,9,20H2,1-3H3. The Morgan fingerprint density at radius 2 is 1.81 bits per heavy atom. The van der Waals surface area contributed by atoms with Gasteiger partial charge in [-0.25, -0.2) is 4.39 Å². The molecule has 0 spiro atoms. The number of alkyl halides is 3. The minimum atomic E-state index is -4.57. The maximum atomic E-state index is 13.5. The highest BCUT2D eigenvalue weighted by atomic mass is 19.4. The van der Waals surface area contributed by atoms with Crippen LogP contribution >= 0.6 is 0 Å². The Morgan fingerprint density at radius 1 is 1.19 bits per heavy atom. The minimum Gasteiger partial charge on any atom is -0.329 e. The van der Waals surface area contributed by atoms with Gasteiger partial charge in [-0.15, -0.1) is 0 Å². The molecule has 120 valence electrons. The Morgan fingerprint density at radius 3 is 2.24 bits per heavy atom. The van der Waals surface area contributed by atoms with Crippen LogP contribution in [0.3, 0.4) is 0 Å². The summed E-state index contributed by atoms with van der Waals surface area (Å²) >= 11 is 0. The molecule has 1 aromatic carbocycles. The summed E-state index contributed by atoms with van der Waals surface area (Å²) in [6, 6.07) is 2.36. The van der Waals surface area contributed by atoms with Gasteiger partial charge in [-0.05, 0) is 43.7 Å². The Labute approximate surface area is 122 Å². The molecule has 1 rings (SSSR count). The maximum Gasteiger partial charge on any atom is 0.416 e. The van der Waals surface area contributed by atoms with Gasteiger partial charge in [-0.1, -0.05) is 13.8 Å². The van der Waals surface area contributed by atoms with E-state index in [1.54, 1.807) is 0 Å². The van der Waals surface area contributed by atoms with Crippen LogP contribution in [-0.4, -0.2) is 24.0 Å². The fourth-order valence-corrected chi connectivity index (χ4v) is 2.51. The highest BCUT2D eigenvalue weighted by molar-refractivity contribution is 5.29. The molecule has 2 N–H and O–H groups in total. The van der Waals surface area contributed by atoms with Crippen LogP contribution in [0.5, 0.6) is 0 Å². The quantitative estimate of drug-likeness (QED) is 0.806. The fraction of sp³-hybridized carbons (Fsp3) is 0.600. The monoisotopic (exact) mass is 306 g/mol. The molecule has 0 aliphatic rings. The Balaban J connectivity index is 3.24. The first-order valence-corrected chi connectivity index (χ1v) is 7.08. The predicted molar refractivity (Wildman–Crippen MR) is 75.3 cm³/mol. The largest absolute Gasteiger partial charge is 0.416 e. The summed E-state index contributed by atoms with van der Waals surface area (Å²) in [4.78, 5) is 1.99. The average molecular weight is 306 g/mol. The second-order valence-electron chi connectivity index (χ2n) is 5.11. The molecule has 0 bridgehead atoms. The lowest BCUT2D eigenvalue weighted by molar-refractivity contribution is -0.137. The van der Waals surface area contributed by atoms with Gasteiger partial charge >= 0.3 is 6.18 Å². The molecule has 0 radical (unpaired) electrons. The van der Waals surface area contributed by atoms with Crippen molar-refractivity contribution in [3.05, 3.63) is 35.1 Å². The van der Waals surface area contributed by atoms with E-state index in [4.69, 9.17) is 5.73 Å². The zero-order chi connectivity index (χ0) is 16.2. The number of hydrogen-bond donors (Lipinski definition) is 1. The lowest BCUT2D eigenvalue weighted by atomic mass is 10.00. The van der Waals surface area contributed by atoms with Crippen molar-refractivity contribution in [2.75, 3.05) is 13.1 Å². The van der Waals surface area contributed by atoms with Crippen molar-refractivity contribution in [1.29, 1.82) is 0 Å². The number of likely N-dealkylation sites (N-methyl/N-ethyl adjacent to an activating group) is 1. The second kappa shape index (κ2) is 7.22. The van der Waals surface area contributed by atoms with Gasteiger partial charge in [-0.2, -0.15) is 13.2 Å².